The van der Waals surface area contributed by atoms with Crippen LogP contribution in [0.2, 0.25) is 0 Å². The second-order valence-corrected chi connectivity index (χ2v) is 6.40. The number of ether oxygens (including phenoxy) is 1. The lowest BCUT2D eigenvalue weighted by molar-refractivity contribution is -0.118. The van der Waals surface area contributed by atoms with E-state index in [4.69, 9.17) is 4.74 Å². The minimum Gasteiger partial charge on any atom is -0.462 e. The van der Waals surface area contributed by atoms with Gasteiger partial charge in [0.25, 0.3) is 5.91 Å². The fourth-order valence-electron chi connectivity index (χ4n) is 3.10. The molecule has 0 spiro atoms. The third-order valence-electron chi connectivity index (χ3n) is 4.57. The van der Waals surface area contributed by atoms with Crippen LogP contribution in [0.1, 0.15) is 46.0 Å². The molecule has 2 amide bonds. The molecule has 1 N–H and O–H groups in total. The normalized spacial score (nSPS) is 13.6. The van der Waals surface area contributed by atoms with Crippen molar-refractivity contribution in [3.63, 3.8) is 0 Å². The Hall–Kier alpha value is -3.15. The molecular formula is C21H22N2O4. The van der Waals surface area contributed by atoms with E-state index in [9.17, 15) is 14.4 Å². The van der Waals surface area contributed by atoms with Crippen molar-refractivity contribution in [2.24, 2.45) is 0 Å². The van der Waals surface area contributed by atoms with E-state index in [1.54, 1.807) is 49.2 Å². The van der Waals surface area contributed by atoms with Crippen molar-refractivity contribution in [3.05, 3.63) is 59.2 Å². The van der Waals surface area contributed by atoms with E-state index in [1.165, 1.54) is 0 Å². The van der Waals surface area contributed by atoms with Crippen molar-refractivity contribution in [2.75, 3.05) is 23.9 Å². The summed E-state index contributed by atoms with van der Waals surface area (Å²) in [6.07, 6.45) is 2.12. The van der Waals surface area contributed by atoms with Crippen LogP contribution >= 0.6 is 0 Å². The van der Waals surface area contributed by atoms with Gasteiger partial charge in [-0.1, -0.05) is 0 Å². The van der Waals surface area contributed by atoms with Gasteiger partial charge in [-0.3, -0.25) is 9.59 Å². The third-order valence-corrected chi connectivity index (χ3v) is 4.57. The summed E-state index contributed by atoms with van der Waals surface area (Å²) in [6, 6.07) is 11.9. The summed E-state index contributed by atoms with van der Waals surface area (Å²) < 4.78 is 4.94. The van der Waals surface area contributed by atoms with Gasteiger partial charge in [-0.2, -0.15) is 0 Å². The number of carbonyl (C=O) groups is 3. The number of fused-ring (bicyclic) bond motifs is 1. The van der Waals surface area contributed by atoms with Crippen LogP contribution in [0.5, 0.6) is 0 Å². The first-order valence-corrected chi connectivity index (χ1v) is 8.97. The molecule has 0 bridgehead atoms. The Balaban J connectivity index is 1.74. The summed E-state index contributed by atoms with van der Waals surface area (Å²) in [5.74, 6) is -0.565. The van der Waals surface area contributed by atoms with Crippen LogP contribution in [0.4, 0.5) is 11.4 Å². The molecule has 1 heterocycles. The largest absolute Gasteiger partial charge is 0.462 e. The van der Waals surface area contributed by atoms with Crippen LogP contribution < -0.4 is 10.2 Å². The van der Waals surface area contributed by atoms with Gasteiger partial charge in [0.05, 0.1) is 12.2 Å². The number of rotatable bonds is 4. The van der Waals surface area contributed by atoms with E-state index in [0.29, 0.717) is 29.8 Å². The van der Waals surface area contributed by atoms with Gasteiger partial charge >= 0.3 is 5.97 Å². The first-order chi connectivity index (χ1) is 13.0. The Bertz CT molecular complexity index is 874. The number of nitrogens with zero attached hydrogens (tertiary/aromatic N) is 1. The summed E-state index contributed by atoms with van der Waals surface area (Å²) in [4.78, 5) is 37.8. The lowest BCUT2D eigenvalue weighted by Crippen LogP contribution is -2.25. The smallest absolute Gasteiger partial charge is 0.338 e. The molecule has 27 heavy (non-hydrogen) atoms. The summed E-state index contributed by atoms with van der Waals surface area (Å²) >= 11 is 0. The van der Waals surface area contributed by atoms with Gasteiger partial charge in [0.1, 0.15) is 0 Å². The molecule has 0 aliphatic carbocycles. The van der Waals surface area contributed by atoms with Crippen LogP contribution in [0, 0.1) is 0 Å². The van der Waals surface area contributed by atoms with E-state index >= 15 is 0 Å². The maximum atomic E-state index is 12.5. The van der Waals surface area contributed by atoms with Crippen molar-refractivity contribution in [3.8, 4) is 0 Å². The first-order valence-electron chi connectivity index (χ1n) is 8.97. The fourth-order valence-corrected chi connectivity index (χ4v) is 3.10. The predicted molar refractivity (Wildman–Crippen MR) is 103 cm³/mol. The zero-order valence-corrected chi connectivity index (χ0v) is 15.5. The molecule has 6 nitrogen and oxygen atoms in total. The lowest BCUT2D eigenvalue weighted by atomic mass is 10.1. The van der Waals surface area contributed by atoms with Crippen molar-refractivity contribution < 1.29 is 19.1 Å². The zero-order valence-electron chi connectivity index (χ0n) is 15.5. The van der Waals surface area contributed by atoms with Gasteiger partial charge in [0.2, 0.25) is 5.91 Å². The van der Waals surface area contributed by atoms with E-state index in [0.717, 1.165) is 24.1 Å². The van der Waals surface area contributed by atoms with Crippen molar-refractivity contribution >= 4 is 29.2 Å². The molecule has 0 saturated carbocycles. The van der Waals surface area contributed by atoms with Crippen molar-refractivity contribution in [2.45, 2.75) is 26.2 Å². The number of carbonyl (C=O) groups excluding carboxylic acids is 3. The number of hydrogen-bond acceptors (Lipinski definition) is 4. The van der Waals surface area contributed by atoms with E-state index in [2.05, 4.69) is 5.32 Å². The highest BCUT2D eigenvalue weighted by Gasteiger charge is 2.19. The van der Waals surface area contributed by atoms with E-state index < -0.39 is 5.97 Å². The maximum Gasteiger partial charge on any atom is 0.338 e. The minimum absolute atomic E-state index is 0.104. The Morgan fingerprint density at radius 1 is 1.07 bits per heavy atom. The number of esters is 1. The summed E-state index contributed by atoms with van der Waals surface area (Å²) in [5, 5.41) is 2.87. The molecule has 0 radical (unpaired) electrons. The molecule has 0 aromatic heterocycles. The molecule has 2 aromatic carbocycles. The predicted octanol–water partition coefficient (Wildman–Crippen LogP) is 3.41. The number of benzene rings is 2. The second-order valence-electron chi connectivity index (χ2n) is 6.40. The SMILES string of the molecule is CCOC(=O)c1ccc(C(=O)Nc2ccc3c(c2)CCCC(=O)N3C)cc1. The minimum atomic E-state index is -0.408. The van der Waals surface area contributed by atoms with Gasteiger partial charge in [-0.05, 0) is 67.8 Å². The second kappa shape index (κ2) is 8.03. The summed E-state index contributed by atoms with van der Waals surface area (Å²) in [7, 11) is 1.77. The molecule has 0 unspecified atom stereocenters. The highest BCUT2D eigenvalue weighted by molar-refractivity contribution is 6.05. The Morgan fingerprint density at radius 3 is 2.48 bits per heavy atom. The highest BCUT2D eigenvalue weighted by atomic mass is 16.5. The molecule has 3 rings (SSSR count). The summed E-state index contributed by atoms with van der Waals surface area (Å²) in [6.45, 7) is 2.05. The molecule has 6 heteroatoms. The third kappa shape index (κ3) is 4.16. The Kier molecular flexibility index (Phi) is 5.54. The number of nitrogens with one attached hydrogen (secondary N) is 1. The van der Waals surface area contributed by atoms with Gasteiger partial charge in [0, 0.05) is 30.4 Å². The van der Waals surface area contributed by atoms with Gasteiger partial charge < -0.3 is 15.0 Å². The van der Waals surface area contributed by atoms with Crippen LogP contribution in [0.3, 0.4) is 0 Å². The molecule has 0 fully saturated rings. The lowest BCUT2D eigenvalue weighted by Gasteiger charge is -2.18. The van der Waals surface area contributed by atoms with Crippen LogP contribution in [-0.2, 0) is 16.0 Å². The molecule has 2 aromatic rings. The Labute approximate surface area is 158 Å². The molecule has 140 valence electrons. The standard InChI is InChI=1S/C21H22N2O4/c1-3-27-21(26)15-9-7-14(8-10-15)20(25)22-17-11-12-18-16(13-17)5-4-6-19(24)23(18)2/h7-13H,3-6H2,1-2H3,(H,22,25). The van der Waals surface area contributed by atoms with Crippen molar-refractivity contribution in [1.82, 2.24) is 0 Å². The van der Waals surface area contributed by atoms with Crippen LogP contribution in [-0.4, -0.2) is 31.4 Å². The van der Waals surface area contributed by atoms with Gasteiger partial charge in [-0.25, -0.2) is 4.79 Å². The quantitative estimate of drug-likeness (QED) is 0.842. The molecular weight excluding hydrogens is 344 g/mol. The highest BCUT2D eigenvalue weighted by Crippen LogP contribution is 2.28. The Morgan fingerprint density at radius 2 is 1.78 bits per heavy atom. The monoisotopic (exact) mass is 366 g/mol. The topological polar surface area (TPSA) is 75.7 Å². The van der Waals surface area contributed by atoms with Gasteiger partial charge in [-0.15, -0.1) is 0 Å². The van der Waals surface area contributed by atoms with Crippen molar-refractivity contribution in [1.29, 1.82) is 0 Å². The van der Waals surface area contributed by atoms with E-state index in [-0.39, 0.29) is 11.8 Å². The first kappa shape index (κ1) is 18.6. The average Bonchev–Trinajstić information content (AvgIpc) is 2.81. The van der Waals surface area contributed by atoms with Crippen LogP contribution in [0.15, 0.2) is 42.5 Å². The number of amides is 2. The van der Waals surface area contributed by atoms with E-state index in [1.807, 2.05) is 12.1 Å². The summed E-state index contributed by atoms with van der Waals surface area (Å²) in [5.41, 5.74) is 3.46. The number of anilines is 2. The maximum absolute atomic E-state index is 12.5. The fraction of sp³-hybridized carbons (Fsp3) is 0.286. The number of aryl methyl sites for hydroxylation is 1. The molecule has 0 atom stereocenters. The van der Waals surface area contributed by atoms with Crippen LogP contribution in [0.25, 0.3) is 0 Å². The van der Waals surface area contributed by atoms with Gasteiger partial charge in [0.15, 0.2) is 0 Å². The molecule has 0 saturated heterocycles. The number of hydrogen-bond donors (Lipinski definition) is 1. The molecule has 1 aliphatic heterocycles. The molecule has 1 aliphatic rings. The average molecular weight is 366 g/mol. The zero-order chi connectivity index (χ0) is 19.4.